The minimum absolute atomic E-state index is 0.112. The van der Waals surface area contributed by atoms with E-state index >= 15 is 0 Å². The average Bonchev–Trinajstić information content (AvgIpc) is 3.73. The van der Waals surface area contributed by atoms with Gasteiger partial charge in [-0.05, 0) is 61.1 Å². The first kappa shape index (κ1) is 44.2. The summed E-state index contributed by atoms with van der Waals surface area (Å²) in [4.78, 5) is 60.9. The number of hydrogen-bond donors (Lipinski definition) is 1. The minimum atomic E-state index is -1.32. The molecule has 0 bridgehead atoms. The van der Waals surface area contributed by atoms with E-state index in [2.05, 4.69) is 4.98 Å². The highest BCUT2D eigenvalue weighted by Gasteiger charge is 2.61. The Labute approximate surface area is 324 Å². The van der Waals surface area contributed by atoms with Gasteiger partial charge in [-0.15, -0.1) is 11.8 Å². The first-order valence-corrected chi connectivity index (χ1v) is 20.3. The van der Waals surface area contributed by atoms with E-state index in [1.165, 1.54) is 25.8 Å². The zero-order valence-electron chi connectivity index (χ0n) is 34.1. The Morgan fingerprint density at radius 3 is 2.37 bits per heavy atom. The first-order valence-electron chi connectivity index (χ1n) is 19.2. The molecule has 306 valence electrons. The number of ether oxygens (including phenoxy) is 6. The molecule has 3 aliphatic rings. The van der Waals surface area contributed by atoms with E-state index in [4.69, 9.17) is 28.4 Å². The molecule has 54 heavy (non-hydrogen) atoms. The molecule has 1 N–H and O–H groups in total. The highest BCUT2D eigenvalue weighted by atomic mass is 32.2. The van der Waals surface area contributed by atoms with Crippen LogP contribution in [0.4, 0.5) is 0 Å². The maximum absolute atomic E-state index is 14.7. The van der Waals surface area contributed by atoms with Gasteiger partial charge in [0.2, 0.25) is 0 Å². The van der Waals surface area contributed by atoms with Crippen LogP contribution >= 0.6 is 11.8 Å². The van der Waals surface area contributed by atoms with Crippen molar-refractivity contribution in [2.24, 2.45) is 29.6 Å². The van der Waals surface area contributed by atoms with E-state index in [0.717, 1.165) is 0 Å². The summed E-state index contributed by atoms with van der Waals surface area (Å²) in [6.07, 6.45) is 0.990. The maximum Gasteiger partial charge on any atom is 0.320 e. The lowest BCUT2D eigenvalue weighted by molar-refractivity contribution is -0.303. The van der Waals surface area contributed by atoms with Gasteiger partial charge in [-0.2, -0.15) is 0 Å². The van der Waals surface area contributed by atoms with Crippen molar-refractivity contribution in [3.63, 3.8) is 0 Å². The fourth-order valence-corrected chi connectivity index (χ4v) is 10.4. The van der Waals surface area contributed by atoms with Gasteiger partial charge in [-0.1, -0.05) is 27.7 Å². The summed E-state index contributed by atoms with van der Waals surface area (Å²) < 4.78 is 39.5. The number of ketones is 1. The number of likely N-dealkylation sites (N-methyl/N-ethyl adjacent to an activating group) is 1. The summed E-state index contributed by atoms with van der Waals surface area (Å²) in [5.74, 6) is -4.93. The van der Waals surface area contributed by atoms with Crippen LogP contribution in [0.25, 0.3) is 0 Å². The monoisotopic (exact) mass is 781 g/mol. The molecule has 15 atom stereocenters. The van der Waals surface area contributed by atoms with Crippen LogP contribution in [-0.4, -0.2) is 130 Å². The van der Waals surface area contributed by atoms with Crippen LogP contribution in [0.1, 0.15) is 81.6 Å². The number of methoxy groups -OCH3 is 1. The fourth-order valence-electron chi connectivity index (χ4n) is 8.91. The molecule has 0 radical (unpaired) electrons. The van der Waals surface area contributed by atoms with E-state index in [1.54, 1.807) is 33.3 Å². The van der Waals surface area contributed by atoms with Crippen molar-refractivity contribution < 1.29 is 52.7 Å². The number of aryl methyl sites for hydroxylation is 1. The van der Waals surface area contributed by atoms with Gasteiger partial charge in [-0.3, -0.25) is 19.2 Å². The number of Topliss-reactive ketones (excluding diaryl/α,β-unsaturated/α-hetero) is 1. The van der Waals surface area contributed by atoms with Crippen LogP contribution < -0.4 is 0 Å². The molecule has 4 rings (SSSR count). The number of thioether (sulfide) groups is 1. The zero-order chi connectivity index (χ0) is 40.3. The van der Waals surface area contributed by atoms with Crippen LogP contribution in [0.3, 0.4) is 0 Å². The summed E-state index contributed by atoms with van der Waals surface area (Å²) in [7, 11) is 5.31. The molecule has 0 amide bonds. The fraction of sp³-hybridized carbons (Fsp3) is 0.821. The van der Waals surface area contributed by atoms with E-state index in [1.807, 2.05) is 64.4 Å². The lowest BCUT2D eigenvalue weighted by Gasteiger charge is -2.48. The number of aromatic nitrogens is 2. The van der Waals surface area contributed by atoms with Crippen molar-refractivity contribution in [3.8, 4) is 0 Å². The number of carbonyl (C=O) groups is 4. The van der Waals surface area contributed by atoms with E-state index in [9.17, 15) is 24.3 Å². The molecule has 0 unspecified atom stereocenters. The Kier molecular flexibility index (Phi) is 14.8. The molecule has 1 aromatic heterocycles. The average molecular weight is 782 g/mol. The topological polar surface area (TPSA) is 165 Å². The number of imidazole rings is 1. The lowest BCUT2D eigenvalue weighted by atomic mass is 9.70. The molecule has 3 fully saturated rings. The smallest absolute Gasteiger partial charge is 0.320 e. The number of rotatable bonds is 10. The number of nitrogens with zero attached hydrogens (tertiary/aromatic N) is 3. The molecular formula is C39H63N3O11S. The molecule has 3 saturated heterocycles. The number of cyclic esters (lactones) is 1. The molecule has 1 aromatic rings. The Morgan fingerprint density at radius 1 is 1.11 bits per heavy atom. The van der Waals surface area contributed by atoms with Crippen molar-refractivity contribution >= 4 is 35.5 Å². The predicted molar refractivity (Wildman–Crippen MR) is 201 cm³/mol. The Balaban J connectivity index is 1.77. The van der Waals surface area contributed by atoms with Crippen molar-refractivity contribution in [3.05, 3.63) is 18.7 Å². The Morgan fingerprint density at radius 2 is 1.80 bits per heavy atom. The predicted octanol–water partition coefficient (Wildman–Crippen LogP) is 3.90. The van der Waals surface area contributed by atoms with Gasteiger partial charge in [0, 0.05) is 62.4 Å². The molecule has 14 nitrogen and oxygen atoms in total. The second kappa shape index (κ2) is 18.1. The van der Waals surface area contributed by atoms with Gasteiger partial charge in [-0.25, -0.2) is 4.98 Å². The van der Waals surface area contributed by atoms with E-state index in [0.29, 0.717) is 25.1 Å². The van der Waals surface area contributed by atoms with Gasteiger partial charge in [0.15, 0.2) is 18.0 Å². The van der Waals surface area contributed by atoms with Crippen LogP contribution in [0.5, 0.6) is 0 Å². The summed E-state index contributed by atoms with van der Waals surface area (Å²) in [5.41, 5.74) is -2.54. The lowest BCUT2D eigenvalue weighted by Crippen LogP contribution is -2.60. The molecule has 4 heterocycles. The molecular weight excluding hydrogens is 719 g/mol. The molecule has 0 saturated carbocycles. The van der Waals surface area contributed by atoms with Crippen molar-refractivity contribution in [1.29, 1.82) is 0 Å². The van der Waals surface area contributed by atoms with E-state index in [-0.39, 0.29) is 24.3 Å². The summed E-state index contributed by atoms with van der Waals surface area (Å²) in [5, 5.41) is 11.3. The van der Waals surface area contributed by atoms with Gasteiger partial charge in [0.05, 0.1) is 42.2 Å². The highest BCUT2D eigenvalue weighted by molar-refractivity contribution is 8.00. The highest BCUT2D eigenvalue weighted by Crippen LogP contribution is 2.49. The Hall–Kier alpha value is -2.56. The van der Waals surface area contributed by atoms with Gasteiger partial charge >= 0.3 is 17.9 Å². The van der Waals surface area contributed by atoms with Crippen molar-refractivity contribution in [2.45, 2.75) is 147 Å². The number of aliphatic hydroxyl groups is 1. The van der Waals surface area contributed by atoms with Crippen molar-refractivity contribution in [2.75, 3.05) is 27.0 Å². The van der Waals surface area contributed by atoms with Gasteiger partial charge < -0.3 is 43.0 Å². The number of carbonyl (C=O) groups excluding carboxylic acids is 4. The number of fused-ring (bicyclic) bond motifs is 1. The second-order valence-corrected chi connectivity index (χ2v) is 17.5. The Bertz CT molecular complexity index is 1450. The molecule has 0 aliphatic carbocycles. The van der Waals surface area contributed by atoms with Crippen molar-refractivity contribution in [1.82, 2.24) is 14.5 Å². The minimum Gasteiger partial charge on any atom is -0.458 e. The SMILES string of the molecule is CC[C@H]1OC(=O)[C@H](C)[C@@H](O)[C@H](C)[C@@H](O[C@@H]2O[C@H](C)C[C@H](N(C)C)[C@H]2OC(C)=O)[C@](C)(OC)C[C@@H](C)C(=O)[C@H](C)[C@H]2[C@H](SCCn3ccnc3)C(=O)O[C@@]21C. The maximum atomic E-state index is 14.7. The quantitative estimate of drug-likeness (QED) is 0.268. The summed E-state index contributed by atoms with van der Waals surface area (Å²) >= 11 is 1.42. The number of esters is 3. The van der Waals surface area contributed by atoms with Crippen LogP contribution in [0.2, 0.25) is 0 Å². The van der Waals surface area contributed by atoms with Crippen LogP contribution in [0, 0.1) is 29.6 Å². The standard InChI is InChI=1S/C39H63N3O11S/c1-13-28-39(9)29(33(36(47)53-39)54-17-16-42-15-14-40-20-42)23(4)30(44)21(2)19-38(8,48-12)34(24(5)31(45)25(6)35(46)51-28)52-37-32(50-26(7)43)27(41(10)11)18-22(3)49-37/h14-15,20-25,27-29,31-34,37,45H,13,16-19H2,1-12H3/t21-,22-,23-,24+,25-,27+,28-,29+,31+,32-,33+,34-,37+,38-,39-/m1/s1. The van der Waals surface area contributed by atoms with Crippen LogP contribution in [-0.2, 0) is 54.1 Å². The van der Waals surface area contributed by atoms with Gasteiger partial charge in [0.25, 0.3) is 0 Å². The summed E-state index contributed by atoms with van der Waals surface area (Å²) in [6, 6.07) is -0.243. The molecule has 0 spiro atoms. The molecule has 3 aliphatic heterocycles. The third-order valence-electron chi connectivity index (χ3n) is 12.0. The first-order chi connectivity index (χ1) is 25.3. The summed E-state index contributed by atoms with van der Waals surface area (Å²) in [6.45, 7) is 16.3. The van der Waals surface area contributed by atoms with E-state index < -0.39 is 94.7 Å². The third-order valence-corrected chi connectivity index (χ3v) is 13.3. The zero-order valence-corrected chi connectivity index (χ0v) is 34.9. The second-order valence-electron chi connectivity index (χ2n) is 16.2. The largest absolute Gasteiger partial charge is 0.458 e. The number of hydrogen-bond acceptors (Lipinski definition) is 14. The third kappa shape index (κ3) is 9.34. The number of aliphatic hydroxyl groups excluding tert-OH is 1. The normalized spacial score (nSPS) is 41.1. The molecule has 0 aromatic carbocycles. The van der Waals surface area contributed by atoms with Gasteiger partial charge in [0.1, 0.15) is 17.1 Å². The van der Waals surface area contributed by atoms with Crippen LogP contribution in [0.15, 0.2) is 18.7 Å². The molecule has 15 heteroatoms.